The van der Waals surface area contributed by atoms with Crippen LogP contribution in [0.5, 0.6) is 0 Å². The third kappa shape index (κ3) is 3.27. The van der Waals surface area contributed by atoms with Gasteiger partial charge in [-0.1, -0.05) is 12.8 Å². The van der Waals surface area contributed by atoms with E-state index in [-0.39, 0.29) is 0 Å². The van der Waals surface area contributed by atoms with Gasteiger partial charge in [-0.25, -0.2) is 4.98 Å². The van der Waals surface area contributed by atoms with E-state index in [1.807, 2.05) is 19.4 Å². The van der Waals surface area contributed by atoms with Gasteiger partial charge in [-0.15, -0.1) is 0 Å². The molecule has 2 heterocycles. The lowest BCUT2D eigenvalue weighted by Crippen LogP contribution is -2.49. The summed E-state index contributed by atoms with van der Waals surface area (Å²) in [6.07, 6.45) is 9.38. The van der Waals surface area contributed by atoms with Crippen LogP contribution in [0.25, 0.3) is 0 Å². The molecule has 0 atom stereocenters. The molecular formula is C15H25N5. The predicted molar refractivity (Wildman–Crippen MR) is 80.7 cm³/mol. The molecule has 2 aliphatic rings. The monoisotopic (exact) mass is 275 g/mol. The van der Waals surface area contributed by atoms with Crippen LogP contribution in [-0.2, 0) is 6.54 Å². The molecule has 0 amide bonds. The number of rotatable bonds is 4. The Labute approximate surface area is 121 Å². The molecule has 1 aliphatic heterocycles. The molecule has 1 N–H and O–H groups in total. The molecular weight excluding hydrogens is 250 g/mol. The van der Waals surface area contributed by atoms with Crippen molar-refractivity contribution in [3.8, 4) is 0 Å². The van der Waals surface area contributed by atoms with Gasteiger partial charge in [0, 0.05) is 45.8 Å². The number of anilines is 1. The van der Waals surface area contributed by atoms with Crippen LogP contribution in [0.1, 0.15) is 31.4 Å². The molecule has 0 bridgehead atoms. The first-order valence-electron chi connectivity index (χ1n) is 7.80. The van der Waals surface area contributed by atoms with Crippen LogP contribution >= 0.6 is 0 Å². The van der Waals surface area contributed by atoms with E-state index in [0.29, 0.717) is 0 Å². The van der Waals surface area contributed by atoms with Gasteiger partial charge >= 0.3 is 0 Å². The molecule has 1 aliphatic carbocycles. The lowest BCUT2D eigenvalue weighted by molar-refractivity contribution is 0.0929. The summed E-state index contributed by atoms with van der Waals surface area (Å²) in [6, 6.07) is 0.867. The van der Waals surface area contributed by atoms with Crippen LogP contribution < -0.4 is 5.32 Å². The lowest BCUT2D eigenvalue weighted by atomic mass is 10.2. The molecule has 5 nitrogen and oxygen atoms in total. The average molecular weight is 275 g/mol. The summed E-state index contributed by atoms with van der Waals surface area (Å²) >= 11 is 0. The molecule has 0 unspecified atom stereocenters. The number of nitrogens with zero attached hydrogens (tertiary/aromatic N) is 4. The van der Waals surface area contributed by atoms with Gasteiger partial charge in [-0.05, 0) is 12.8 Å². The summed E-state index contributed by atoms with van der Waals surface area (Å²) < 4.78 is 0. The number of hydrogen-bond acceptors (Lipinski definition) is 5. The summed E-state index contributed by atoms with van der Waals surface area (Å²) in [5, 5.41) is 3.00. The van der Waals surface area contributed by atoms with Gasteiger partial charge in [0.25, 0.3) is 0 Å². The molecule has 2 fully saturated rings. The van der Waals surface area contributed by atoms with E-state index in [1.165, 1.54) is 38.8 Å². The fourth-order valence-corrected chi connectivity index (χ4v) is 3.35. The Morgan fingerprint density at radius 2 is 1.85 bits per heavy atom. The summed E-state index contributed by atoms with van der Waals surface area (Å²) in [6.45, 7) is 5.67. The zero-order valence-corrected chi connectivity index (χ0v) is 12.4. The van der Waals surface area contributed by atoms with E-state index in [4.69, 9.17) is 0 Å². The zero-order valence-electron chi connectivity index (χ0n) is 12.4. The SMILES string of the molecule is CNc1cnc(CN2CCN(C3CCCC3)CC2)cn1. The highest BCUT2D eigenvalue weighted by Crippen LogP contribution is 2.24. The van der Waals surface area contributed by atoms with E-state index < -0.39 is 0 Å². The Hall–Kier alpha value is -1.20. The van der Waals surface area contributed by atoms with Crippen molar-refractivity contribution in [2.75, 3.05) is 38.5 Å². The summed E-state index contributed by atoms with van der Waals surface area (Å²) in [7, 11) is 1.87. The average Bonchev–Trinajstić information content (AvgIpc) is 3.03. The Morgan fingerprint density at radius 3 is 2.45 bits per heavy atom. The second-order valence-corrected chi connectivity index (χ2v) is 5.89. The summed E-state index contributed by atoms with van der Waals surface area (Å²) in [4.78, 5) is 14.0. The van der Waals surface area contributed by atoms with Crippen molar-refractivity contribution in [1.29, 1.82) is 0 Å². The highest BCUT2D eigenvalue weighted by atomic mass is 15.3. The van der Waals surface area contributed by atoms with E-state index >= 15 is 0 Å². The smallest absolute Gasteiger partial charge is 0.144 e. The van der Waals surface area contributed by atoms with Gasteiger partial charge in [0.1, 0.15) is 5.82 Å². The molecule has 1 aromatic rings. The van der Waals surface area contributed by atoms with Gasteiger partial charge < -0.3 is 5.32 Å². The molecule has 1 saturated carbocycles. The third-order valence-corrected chi connectivity index (χ3v) is 4.60. The van der Waals surface area contributed by atoms with Crippen LogP contribution in [0, 0.1) is 0 Å². The van der Waals surface area contributed by atoms with Crippen LogP contribution in [-0.4, -0.2) is 59.0 Å². The second kappa shape index (κ2) is 6.50. The maximum absolute atomic E-state index is 4.46. The number of hydrogen-bond donors (Lipinski definition) is 1. The quantitative estimate of drug-likeness (QED) is 0.904. The van der Waals surface area contributed by atoms with Crippen molar-refractivity contribution in [2.45, 2.75) is 38.3 Å². The van der Waals surface area contributed by atoms with Crippen LogP contribution in [0.3, 0.4) is 0 Å². The van der Waals surface area contributed by atoms with E-state index in [1.54, 1.807) is 0 Å². The van der Waals surface area contributed by atoms with Gasteiger partial charge in [0.05, 0.1) is 18.1 Å². The molecule has 0 aromatic carbocycles. The molecule has 110 valence electrons. The largest absolute Gasteiger partial charge is 0.372 e. The van der Waals surface area contributed by atoms with Crippen LogP contribution in [0.4, 0.5) is 5.82 Å². The lowest BCUT2D eigenvalue weighted by Gasteiger charge is -2.37. The fourth-order valence-electron chi connectivity index (χ4n) is 3.35. The maximum atomic E-state index is 4.46. The third-order valence-electron chi connectivity index (χ3n) is 4.60. The minimum absolute atomic E-state index is 0.833. The van der Waals surface area contributed by atoms with Crippen LogP contribution in [0.15, 0.2) is 12.4 Å². The Balaban J connectivity index is 1.47. The van der Waals surface area contributed by atoms with Crippen molar-refractivity contribution < 1.29 is 0 Å². The molecule has 20 heavy (non-hydrogen) atoms. The van der Waals surface area contributed by atoms with Gasteiger partial charge in [-0.2, -0.15) is 0 Å². The first kappa shape index (κ1) is 13.8. The topological polar surface area (TPSA) is 44.3 Å². The summed E-state index contributed by atoms with van der Waals surface area (Å²) in [5.74, 6) is 0.833. The Kier molecular flexibility index (Phi) is 4.47. The number of aromatic nitrogens is 2. The second-order valence-electron chi connectivity index (χ2n) is 5.89. The standard InChI is InChI=1S/C15H25N5/c1-16-15-11-17-13(10-18-15)12-19-6-8-20(9-7-19)14-4-2-3-5-14/h10-11,14H,2-9,12H2,1H3,(H,16,18). The van der Waals surface area contributed by atoms with E-state index in [0.717, 1.165) is 37.2 Å². The van der Waals surface area contributed by atoms with Gasteiger partial charge in [0.2, 0.25) is 0 Å². The summed E-state index contributed by atoms with van der Waals surface area (Å²) in [5.41, 5.74) is 1.07. The van der Waals surface area contributed by atoms with Gasteiger partial charge in [-0.3, -0.25) is 14.8 Å². The first-order chi connectivity index (χ1) is 9.85. The van der Waals surface area contributed by atoms with E-state index in [2.05, 4.69) is 25.1 Å². The maximum Gasteiger partial charge on any atom is 0.144 e. The highest BCUT2D eigenvalue weighted by Gasteiger charge is 2.26. The molecule has 1 saturated heterocycles. The van der Waals surface area contributed by atoms with Crippen molar-refractivity contribution >= 4 is 5.82 Å². The van der Waals surface area contributed by atoms with Gasteiger partial charge in [0.15, 0.2) is 0 Å². The number of nitrogens with one attached hydrogen (secondary N) is 1. The minimum atomic E-state index is 0.833. The molecule has 0 spiro atoms. The molecule has 5 heteroatoms. The first-order valence-corrected chi connectivity index (χ1v) is 7.80. The van der Waals surface area contributed by atoms with Crippen molar-refractivity contribution in [2.24, 2.45) is 0 Å². The minimum Gasteiger partial charge on any atom is -0.372 e. The molecule has 3 rings (SSSR count). The Morgan fingerprint density at radius 1 is 1.10 bits per heavy atom. The van der Waals surface area contributed by atoms with E-state index in [9.17, 15) is 0 Å². The van der Waals surface area contributed by atoms with Crippen molar-refractivity contribution in [1.82, 2.24) is 19.8 Å². The fraction of sp³-hybridized carbons (Fsp3) is 0.733. The highest BCUT2D eigenvalue weighted by molar-refractivity contribution is 5.29. The normalized spacial score (nSPS) is 22.2. The van der Waals surface area contributed by atoms with Crippen molar-refractivity contribution in [3.63, 3.8) is 0 Å². The zero-order chi connectivity index (χ0) is 13.8. The molecule has 0 radical (unpaired) electrons. The molecule has 1 aromatic heterocycles. The predicted octanol–water partition coefficient (Wildman–Crippen LogP) is 1.58. The van der Waals surface area contributed by atoms with Crippen molar-refractivity contribution in [3.05, 3.63) is 18.1 Å². The Bertz CT molecular complexity index is 405. The van der Waals surface area contributed by atoms with Crippen LogP contribution in [0.2, 0.25) is 0 Å². The number of piperazine rings is 1.